The van der Waals surface area contributed by atoms with Crippen LogP contribution < -0.4 is 5.32 Å². The molecule has 1 heterocycles. The van der Waals surface area contributed by atoms with Gasteiger partial charge in [-0.05, 0) is 18.6 Å². The number of nitrogens with one attached hydrogen (secondary N) is 1. The highest BCUT2D eigenvalue weighted by Crippen LogP contribution is 2.32. The lowest BCUT2D eigenvalue weighted by molar-refractivity contribution is -0.138. The van der Waals surface area contributed by atoms with E-state index in [9.17, 15) is 13.2 Å². The number of alkyl halides is 3. The minimum absolute atomic E-state index is 0.0508. The van der Waals surface area contributed by atoms with Crippen LogP contribution in [0, 0.1) is 6.92 Å². The summed E-state index contributed by atoms with van der Waals surface area (Å²) < 4.78 is 38.4. The Labute approximate surface area is 108 Å². The van der Waals surface area contributed by atoms with Gasteiger partial charge in [0.1, 0.15) is 5.82 Å². The maximum atomic E-state index is 12.8. The number of aryl methyl sites for hydroxylation is 1. The van der Waals surface area contributed by atoms with Crippen LogP contribution in [0.15, 0.2) is 36.7 Å². The number of hydrogen-bond donors (Lipinski definition) is 1. The summed E-state index contributed by atoms with van der Waals surface area (Å²) >= 11 is 0. The van der Waals surface area contributed by atoms with Crippen LogP contribution in [0.3, 0.4) is 0 Å². The van der Waals surface area contributed by atoms with Gasteiger partial charge < -0.3 is 5.32 Å². The normalized spacial score (nSPS) is 11.4. The zero-order chi connectivity index (χ0) is 13.9. The van der Waals surface area contributed by atoms with Gasteiger partial charge in [0.05, 0.1) is 11.3 Å². The van der Waals surface area contributed by atoms with E-state index in [-0.39, 0.29) is 12.1 Å². The van der Waals surface area contributed by atoms with Crippen LogP contribution in [-0.2, 0) is 12.7 Å². The van der Waals surface area contributed by atoms with Crippen LogP contribution in [0.4, 0.5) is 19.0 Å². The van der Waals surface area contributed by atoms with E-state index in [1.54, 1.807) is 13.0 Å². The number of halogens is 3. The van der Waals surface area contributed by atoms with Crippen molar-refractivity contribution in [1.29, 1.82) is 0 Å². The summed E-state index contributed by atoms with van der Waals surface area (Å²) in [4.78, 5) is 8.05. The van der Waals surface area contributed by atoms with E-state index in [0.29, 0.717) is 11.5 Å². The van der Waals surface area contributed by atoms with Crippen molar-refractivity contribution >= 4 is 5.82 Å². The van der Waals surface area contributed by atoms with Crippen molar-refractivity contribution in [1.82, 2.24) is 9.97 Å². The van der Waals surface area contributed by atoms with Gasteiger partial charge in [-0.15, -0.1) is 0 Å². The molecule has 0 radical (unpaired) electrons. The number of nitrogens with zero attached hydrogens (tertiary/aromatic N) is 2. The van der Waals surface area contributed by atoms with Crippen molar-refractivity contribution < 1.29 is 13.2 Å². The number of rotatable bonds is 3. The van der Waals surface area contributed by atoms with Crippen LogP contribution in [0.2, 0.25) is 0 Å². The molecule has 3 nitrogen and oxygen atoms in total. The molecule has 19 heavy (non-hydrogen) atoms. The molecular formula is C13H12F3N3. The monoisotopic (exact) mass is 267 g/mol. The summed E-state index contributed by atoms with van der Waals surface area (Å²) in [5, 5.41) is 2.87. The zero-order valence-corrected chi connectivity index (χ0v) is 10.2. The Kier molecular flexibility index (Phi) is 3.69. The highest BCUT2D eigenvalue weighted by Gasteiger charge is 2.32. The molecule has 100 valence electrons. The highest BCUT2D eigenvalue weighted by atomic mass is 19.4. The van der Waals surface area contributed by atoms with Gasteiger partial charge in [0, 0.05) is 18.9 Å². The Morgan fingerprint density at radius 1 is 1.11 bits per heavy atom. The van der Waals surface area contributed by atoms with Crippen LogP contribution in [0.5, 0.6) is 0 Å². The summed E-state index contributed by atoms with van der Waals surface area (Å²) in [6.07, 6.45) is -1.33. The molecule has 0 atom stereocenters. The molecule has 1 aromatic heterocycles. The summed E-state index contributed by atoms with van der Waals surface area (Å²) in [6, 6.07) is 5.47. The second-order valence-electron chi connectivity index (χ2n) is 4.00. The number of aromatic nitrogens is 2. The molecule has 1 aromatic carbocycles. The van der Waals surface area contributed by atoms with Crippen LogP contribution in [0.1, 0.15) is 16.8 Å². The third kappa shape index (κ3) is 3.21. The molecule has 6 heteroatoms. The van der Waals surface area contributed by atoms with Gasteiger partial charge in [0.25, 0.3) is 0 Å². The van der Waals surface area contributed by atoms with Crippen molar-refractivity contribution in [2.45, 2.75) is 19.6 Å². The average Bonchev–Trinajstić information content (AvgIpc) is 2.37. The Bertz CT molecular complexity index is 567. The van der Waals surface area contributed by atoms with Crippen molar-refractivity contribution in [3.8, 4) is 0 Å². The lowest BCUT2D eigenvalue weighted by atomic mass is 10.1. The van der Waals surface area contributed by atoms with Crippen molar-refractivity contribution in [3.05, 3.63) is 53.5 Å². The van der Waals surface area contributed by atoms with E-state index in [1.807, 2.05) is 0 Å². The van der Waals surface area contributed by atoms with E-state index in [4.69, 9.17) is 0 Å². The van der Waals surface area contributed by atoms with Crippen molar-refractivity contribution in [2.24, 2.45) is 0 Å². The zero-order valence-electron chi connectivity index (χ0n) is 10.2. The molecule has 0 bridgehead atoms. The molecule has 2 rings (SSSR count). The first-order valence-electron chi connectivity index (χ1n) is 5.65. The molecule has 0 aliphatic rings. The molecule has 0 spiro atoms. The lowest BCUT2D eigenvalue weighted by Gasteiger charge is -2.13. The molecular weight excluding hydrogens is 255 g/mol. The summed E-state index contributed by atoms with van der Waals surface area (Å²) in [7, 11) is 0. The summed E-state index contributed by atoms with van der Waals surface area (Å²) in [5.41, 5.74) is 0.191. The van der Waals surface area contributed by atoms with Crippen molar-refractivity contribution in [2.75, 3.05) is 5.32 Å². The minimum atomic E-state index is -4.35. The summed E-state index contributed by atoms with van der Waals surface area (Å²) in [5.74, 6) is 0.486. The Balaban J connectivity index is 2.19. The second kappa shape index (κ2) is 5.26. The Hall–Kier alpha value is -2.11. The predicted octanol–water partition coefficient (Wildman–Crippen LogP) is 3.42. The minimum Gasteiger partial charge on any atom is -0.364 e. The largest absolute Gasteiger partial charge is 0.416 e. The molecule has 0 aliphatic heterocycles. The maximum Gasteiger partial charge on any atom is 0.416 e. The standard InChI is InChI=1S/C13H12F3N3/c1-9-12(18-7-6-17-9)19-8-10-4-2-3-5-11(10)13(14,15)16/h2-7H,8H2,1H3,(H,18,19). The number of hydrogen-bond acceptors (Lipinski definition) is 3. The predicted molar refractivity (Wildman–Crippen MR) is 65.5 cm³/mol. The van der Waals surface area contributed by atoms with Gasteiger partial charge in [-0.1, -0.05) is 18.2 Å². The van der Waals surface area contributed by atoms with Crippen LogP contribution in [0.25, 0.3) is 0 Å². The summed E-state index contributed by atoms with van der Waals surface area (Å²) in [6.45, 7) is 1.79. The fourth-order valence-corrected chi connectivity index (χ4v) is 1.71. The molecule has 0 saturated carbocycles. The molecule has 2 aromatic rings. The first kappa shape index (κ1) is 13.3. The average molecular weight is 267 g/mol. The SMILES string of the molecule is Cc1nccnc1NCc1ccccc1C(F)(F)F. The van der Waals surface area contributed by atoms with Gasteiger partial charge in [-0.2, -0.15) is 13.2 Å². The smallest absolute Gasteiger partial charge is 0.364 e. The maximum absolute atomic E-state index is 12.8. The molecule has 0 fully saturated rings. The molecule has 0 saturated heterocycles. The molecule has 0 unspecified atom stereocenters. The lowest BCUT2D eigenvalue weighted by Crippen LogP contribution is -2.12. The Morgan fingerprint density at radius 2 is 1.79 bits per heavy atom. The van der Waals surface area contributed by atoms with Crippen molar-refractivity contribution in [3.63, 3.8) is 0 Å². The Morgan fingerprint density at radius 3 is 2.47 bits per heavy atom. The van der Waals surface area contributed by atoms with Gasteiger partial charge in [-0.25, -0.2) is 4.98 Å². The van der Waals surface area contributed by atoms with Gasteiger partial charge in [0.2, 0.25) is 0 Å². The first-order chi connectivity index (χ1) is 8.98. The number of anilines is 1. The van der Waals surface area contributed by atoms with Gasteiger partial charge in [0.15, 0.2) is 0 Å². The van der Waals surface area contributed by atoms with Gasteiger partial charge >= 0.3 is 6.18 Å². The highest BCUT2D eigenvalue weighted by molar-refractivity contribution is 5.41. The fourth-order valence-electron chi connectivity index (χ4n) is 1.71. The van der Waals surface area contributed by atoms with E-state index in [1.165, 1.54) is 24.5 Å². The van der Waals surface area contributed by atoms with E-state index >= 15 is 0 Å². The molecule has 1 N–H and O–H groups in total. The first-order valence-corrected chi connectivity index (χ1v) is 5.65. The van der Waals surface area contributed by atoms with E-state index in [0.717, 1.165) is 6.07 Å². The molecule has 0 aliphatic carbocycles. The van der Waals surface area contributed by atoms with Gasteiger partial charge in [-0.3, -0.25) is 4.98 Å². The van der Waals surface area contributed by atoms with Crippen LogP contribution in [-0.4, -0.2) is 9.97 Å². The van der Waals surface area contributed by atoms with E-state index < -0.39 is 11.7 Å². The number of benzene rings is 1. The third-order valence-corrected chi connectivity index (χ3v) is 2.65. The fraction of sp³-hybridized carbons (Fsp3) is 0.231. The quantitative estimate of drug-likeness (QED) is 0.926. The van der Waals surface area contributed by atoms with Crippen LogP contribution >= 0.6 is 0 Å². The topological polar surface area (TPSA) is 37.8 Å². The third-order valence-electron chi connectivity index (χ3n) is 2.65. The molecule has 0 amide bonds. The second-order valence-corrected chi connectivity index (χ2v) is 4.00. The van der Waals surface area contributed by atoms with E-state index in [2.05, 4.69) is 15.3 Å².